The smallest absolute Gasteiger partial charge is 0.418 e. The second-order valence-corrected chi connectivity index (χ2v) is 4.94. The molecule has 1 N–H and O–H groups in total. The molecule has 0 aliphatic carbocycles. The number of carbonyl (C=O) groups excluding carboxylic acids is 1. The first-order valence-electron chi connectivity index (χ1n) is 6.93. The van der Waals surface area contributed by atoms with Gasteiger partial charge in [0.25, 0.3) is 0 Å². The Morgan fingerprint density at radius 1 is 1.09 bits per heavy atom. The molecule has 0 radical (unpaired) electrons. The van der Waals surface area contributed by atoms with Gasteiger partial charge in [-0.3, -0.25) is 4.90 Å². The maximum atomic E-state index is 13.0. The molecule has 0 bridgehead atoms. The normalized spacial score (nSPS) is 14.0. The van der Waals surface area contributed by atoms with E-state index in [-0.39, 0.29) is 18.8 Å². The molecule has 2 aromatic carbocycles. The Bertz CT molecular complexity index is 731. The average Bonchev–Trinajstić information content (AvgIpc) is 2.54. The van der Waals surface area contributed by atoms with Crippen molar-refractivity contribution in [1.82, 2.24) is 0 Å². The van der Waals surface area contributed by atoms with Crippen LogP contribution >= 0.6 is 0 Å². The van der Waals surface area contributed by atoms with Gasteiger partial charge in [0, 0.05) is 0 Å². The van der Waals surface area contributed by atoms with E-state index in [0.29, 0.717) is 11.4 Å². The summed E-state index contributed by atoms with van der Waals surface area (Å²) in [5, 5.41) is 2.34. The van der Waals surface area contributed by atoms with Gasteiger partial charge in [-0.05, 0) is 24.3 Å². The first-order valence-corrected chi connectivity index (χ1v) is 6.93. The van der Waals surface area contributed by atoms with Gasteiger partial charge in [0.05, 0.1) is 23.5 Å². The average molecular weight is 322 g/mol. The molecule has 0 spiro atoms. The van der Waals surface area contributed by atoms with Crippen LogP contribution in [0, 0.1) is 0 Å². The van der Waals surface area contributed by atoms with E-state index in [0.717, 1.165) is 6.07 Å². The highest BCUT2D eigenvalue weighted by atomic mass is 19.4. The topological polar surface area (TPSA) is 41.6 Å². The maximum Gasteiger partial charge on any atom is 0.418 e. The Kier molecular flexibility index (Phi) is 3.85. The minimum absolute atomic E-state index is 0.261. The molecule has 2 amide bonds. The fourth-order valence-electron chi connectivity index (χ4n) is 2.40. The van der Waals surface area contributed by atoms with E-state index in [4.69, 9.17) is 4.74 Å². The molecule has 7 heteroatoms. The number of halogens is 3. The third-order valence-corrected chi connectivity index (χ3v) is 3.45. The zero-order chi connectivity index (χ0) is 16.4. The van der Waals surface area contributed by atoms with Gasteiger partial charge in [0.2, 0.25) is 0 Å². The molecule has 23 heavy (non-hydrogen) atoms. The minimum Gasteiger partial charge on any atom is -0.490 e. The molecule has 1 aliphatic rings. The molecule has 3 rings (SSSR count). The fraction of sp³-hybridized carbons (Fsp3) is 0.188. The zero-order valence-corrected chi connectivity index (χ0v) is 11.9. The van der Waals surface area contributed by atoms with Gasteiger partial charge >= 0.3 is 12.2 Å². The van der Waals surface area contributed by atoms with E-state index in [2.05, 4.69) is 5.32 Å². The molecule has 0 saturated carbocycles. The predicted molar refractivity (Wildman–Crippen MR) is 79.7 cm³/mol. The number of anilines is 2. The third-order valence-electron chi connectivity index (χ3n) is 3.45. The highest BCUT2D eigenvalue weighted by Crippen LogP contribution is 2.35. The van der Waals surface area contributed by atoms with Gasteiger partial charge < -0.3 is 10.1 Å². The summed E-state index contributed by atoms with van der Waals surface area (Å²) in [6.45, 7) is 0.544. The van der Waals surface area contributed by atoms with Gasteiger partial charge in [-0.1, -0.05) is 24.3 Å². The van der Waals surface area contributed by atoms with Crippen molar-refractivity contribution in [2.45, 2.75) is 6.18 Å². The van der Waals surface area contributed by atoms with Crippen molar-refractivity contribution in [2.75, 3.05) is 23.4 Å². The van der Waals surface area contributed by atoms with E-state index in [1.807, 2.05) is 0 Å². The highest BCUT2D eigenvalue weighted by molar-refractivity contribution is 6.03. The lowest BCUT2D eigenvalue weighted by Crippen LogP contribution is -2.41. The molecule has 0 saturated heterocycles. The first kappa shape index (κ1) is 15.2. The Labute approximate surface area is 130 Å². The Hall–Kier alpha value is -2.70. The van der Waals surface area contributed by atoms with Crippen LogP contribution in [0.3, 0.4) is 0 Å². The van der Waals surface area contributed by atoms with Crippen LogP contribution in [0.4, 0.5) is 29.3 Å². The standard InChI is InChI=1S/C16H13F3N2O2/c17-16(18,19)11-5-1-2-6-12(11)20-15(22)21-9-10-23-14-8-4-3-7-13(14)21/h1-8H,9-10H2,(H,20,22). The largest absolute Gasteiger partial charge is 0.490 e. The van der Waals surface area contributed by atoms with E-state index < -0.39 is 17.8 Å². The van der Waals surface area contributed by atoms with Gasteiger partial charge in [0.1, 0.15) is 12.4 Å². The molecule has 0 unspecified atom stereocenters. The predicted octanol–water partition coefficient (Wildman–Crippen LogP) is 4.14. The van der Waals surface area contributed by atoms with Crippen LogP contribution < -0.4 is 15.0 Å². The van der Waals surface area contributed by atoms with Crippen molar-refractivity contribution in [1.29, 1.82) is 0 Å². The number of nitrogens with zero attached hydrogens (tertiary/aromatic N) is 1. The fourth-order valence-corrected chi connectivity index (χ4v) is 2.40. The van der Waals surface area contributed by atoms with Gasteiger partial charge in [0.15, 0.2) is 0 Å². The number of rotatable bonds is 1. The monoisotopic (exact) mass is 322 g/mol. The number of alkyl halides is 3. The molecule has 1 aliphatic heterocycles. The number of ether oxygens (including phenoxy) is 1. The van der Waals surface area contributed by atoms with E-state index >= 15 is 0 Å². The maximum absolute atomic E-state index is 13.0. The van der Waals surface area contributed by atoms with Crippen molar-refractivity contribution in [3.63, 3.8) is 0 Å². The number of amides is 2. The van der Waals surface area contributed by atoms with Crippen molar-refractivity contribution >= 4 is 17.4 Å². The third kappa shape index (κ3) is 3.08. The molecule has 1 heterocycles. The molecule has 2 aromatic rings. The summed E-state index contributed by atoms with van der Waals surface area (Å²) < 4.78 is 44.4. The second-order valence-electron chi connectivity index (χ2n) is 4.94. The first-order chi connectivity index (χ1) is 11.0. The van der Waals surface area contributed by atoms with Crippen LogP contribution in [0.5, 0.6) is 5.75 Å². The van der Waals surface area contributed by atoms with Crippen LogP contribution in [0.2, 0.25) is 0 Å². The van der Waals surface area contributed by atoms with Crippen LogP contribution in [-0.2, 0) is 6.18 Å². The molecule has 4 nitrogen and oxygen atoms in total. The van der Waals surface area contributed by atoms with Crippen LogP contribution in [0.1, 0.15) is 5.56 Å². The summed E-state index contributed by atoms with van der Waals surface area (Å²) in [4.78, 5) is 13.8. The lowest BCUT2D eigenvalue weighted by molar-refractivity contribution is -0.136. The van der Waals surface area contributed by atoms with Crippen molar-refractivity contribution in [3.05, 3.63) is 54.1 Å². The summed E-state index contributed by atoms with van der Waals surface area (Å²) in [5.74, 6) is 0.526. The summed E-state index contributed by atoms with van der Waals surface area (Å²) in [6, 6.07) is 11.1. The number of para-hydroxylation sites is 3. The molecular formula is C16H13F3N2O2. The second kappa shape index (κ2) is 5.83. The number of nitrogens with one attached hydrogen (secondary N) is 1. The number of carbonyl (C=O) groups is 1. The zero-order valence-electron chi connectivity index (χ0n) is 11.9. The summed E-state index contributed by atoms with van der Waals surface area (Å²) in [6.07, 6.45) is -4.53. The molecular weight excluding hydrogens is 309 g/mol. The summed E-state index contributed by atoms with van der Waals surface area (Å²) in [7, 11) is 0. The molecule has 0 aromatic heterocycles. The molecule has 0 fully saturated rings. The van der Waals surface area contributed by atoms with Crippen LogP contribution in [-0.4, -0.2) is 19.2 Å². The number of fused-ring (bicyclic) bond motifs is 1. The van der Waals surface area contributed by atoms with Crippen LogP contribution in [0.15, 0.2) is 48.5 Å². The minimum atomic E-state index is -4.53. The number of urea groups is 1. The highest BCUT2D eigenvalue weighted by Gasteiger charge is 2.34. The Balaban J connectivity index is 1.87. The van der Waals surface area contributed by atoms with E-state index in [9.17, 15) is 18.0 Å². The van der Waals surface area contributed by atoms with Crippen molar-refractivity contribution in [3.8, 4) is 5.75 Å². The van der Waals surface area contributed by atoms with Gasteiger partial charge in [-0.15, -0.1) is 0 Å². The van der Waals surface area contributed by atoms with Gasteiger partial charge in [-0.2, -0.15) is 13.2 Å². The number of hydrogen-bond donors (Lipinski definition) is 1. The Morgan fingerprint density at radius 3 is 2.57 bits per heavy atom. The van der Waals surface area contributed by atoms with E-state index in [1.54, 1.807) is 24.3 Å². The van der Waals surface area contributed by atoms with Crippen LogP contribution in [0.25, 0.3) is 0 Å². The lowest BCUT2D eigenvalue weighted by Gasteiger charge is -2.29. The van der Waals surface area contributed by atoms with Gasteiger partial charge in [-0.25, -0.2) is 4.79 Å². The number of hydrogen-bond acceptors (Lipinski definition) is 2. The van der Waals surface area contributed by atoms with Crippen molar-refractivity contribution < 1.29 is 22.7 Å². The lowest BCUT2D eigenvalue weighted by atomic mass is 10.1. The van der Waals surface area contributed by atoms with Crippen molar-refractivity contribution in [2.24, 2.45) is 0 Å². The molecule has 120 valence electrons. The summed E-state index contributed by atoms with van der Waals surface area (Å²) >= 11 is 0. The molecule has 0 atom stereocenters. The van der Waals surface area contributed by atoms with E-state index in [1.165, 1.54) is 23.1 Å². The SMILES string of the molecule is O=C(Nc1ccccc1C(F)(F)F)N1CCOc2ccccc21. The number of benzene rings is 2. The summed E-state index contributed by atoms with van der Waals surface area (Å²) in [5.41, 5.74) is -0.621. The Morgan fingerprint density at radius 2 is 1.78 bits per heavy atom. The quantitative estimate of drug-likeness (QED) is 0.857.